The summed E-state index contributed by atoms with van der Waals surface area (Å²) >= 11 is 0. The summed E-state index contributed by atoms with van der Waals surface area (Å²) in [5, 5.41) is 6.92. The Labute approximate surface area is 203 Å². The van der Waals surface area contributed by atoms with E-state index < -0.39 is 0 Å². The van der Waals surface area contributed by atoms with Gasteiger partial charge in [0.2, 0.25) is 17.6 Å². The van der Waals surface area contributed by atoms with Crippen LogP contribution in [-0.4, -0.2) is 29.8 Å². The first-order valence-corrected chi connectivity index (χ1v) is 11.4. The van der Waals surface area contributed by atoms with E-state index in [1.807, 2.05) is 67.6 Å². The van der Waals surface area contributed by atoms with E-state index in [1.165, 1.54) is 0 Å². The zero-order chi connectivity index (χ0) is 24.5. The fourth-order valence-electron chi connectivity index (χ4n) is 3.42. The second-order valence-corrected chi connectivity index (χ2v) is 7.63. The van der Waals surface area contributed by atoms with Crippen molar-refractivity contribution in [1.29, 1.82) is 0 Å². The highest BCUT2D eigenvalue weighted by atomic mass is 16.5. The highest BCUT2D eigenvalue weighted by Crippen LogP contribution is 2.32. The Balaban J connectivity index is 1.36. The molecular formula is C27H27N3O5. The van der Waals surface area contributed by atoms with Crippen LogP contribution in [0.4, 0.5) is 5.69 Å². The first-order valence-electron chi connectivity index (χ1n) is 11.4. The number of ether oxygens (including phenoxy) is 3. The third-order valence-electron chi connectivity index (χ3n) is 5.15. The van der Waals surface area contributed by atoms with Crippen LogP contribution in [0.2, 0.25) is 0 Å². The van der Waals surface area contributed by atoms with Crippen molar-refractivity contribution in [2.45, 2.75) is 26.4 Å². The number of hydrogen-bond acceptors (Lipinski definition) is 7. The number of carbonyl (C=O) groups excluding carboxylic acids is 1. The molecular weight excluding hydrogens is 446 g/mol. The molecule has 1 N–H and O–H groups in total. The van der Waals surface area contributed by atoms with Gasteiger partial charge in [0, 0.05) is 18.4 Å². The lowest BCUT2D eigenvalue weighted by atomic mass is 10.2. The molecule has 8 nitrogen and oxygen atoms in total. The third-order valence-corrected chi connectivity index (χ3v) is 5.15. The summed E-state index contributed by atoms with van der Waals surface area (Å²) < 4.78 is 22.3. The lowest BCUT2D eigenvalue weighted by Gasteiger charge is -2.11. The van der Waals surface area contributed by atoms with Crippen LogP contribution in [-0.2, 0) is 17.8 Å². The topological polar surface area (TPSA) is 95.7 Å². The van der Waals surface area contributed by atoms with E-state index in [9.17, 15) is 4.79 Å². The Morgan fingerprint density at radius 2 is 1.74 bits per heavy atom. The lowest BCUT2D eigenvalue weighted by Crippen LogP contribution is -2.13. The molecule has 0 bridgehead atoms. The van der Waals surface area contributed by atoms with E-state index >= 15 is 0 Å². The van der Waals surface area contributed by atoms with Gasteiger partial charge in [-0.1, -0.05) is 47.6 Å². The summed E-state index contributed by atoms with van der Waals surface area (Å²) in [5.41, 5.74) is 2.41. The number of aryl methyl sites for hydroxylation is 1. The van der Waals surface area contributed by atoms with Gasteiger partial charge in [0.1, 0.15) is 12.4 Å². The maximum absolute atomic E-state index is 12.4. The molecule has 1 aromatic heterocycles. The van der Waals surface area contributed by atoms with Gasteiger partial charge in [0.05, 0.1) is 19.4 Å². The van der Waals surface area contributed by atoms with Gasteiger partial charge < -0.3 is 24.1 Å². The van der Waals surface area contributed by atoms with E-state index in [-0.39, 0.29) is 12.3 Å². The van der Waals surface area contributed by atoms with Crippen molar-refractivity contribution in [2.24, 2.45) is 0 Å². The molecule has 0 aliphatic rings. The standard InChI is InChI=1S/C27H27N3O5/c1-3-33-22-12-8-7-11-21(22)28-25(31)15-16-26-29-27(30-35-26)20-13-14-23(24(17-20)32-2)34-18-19-9-5-4-6-10-19/h4-14,17H,3,15-16,18H2,1-2H3,(H,28,31). The van der Waals surface area contributed by atoms with Crippen molar-refractivity contribution >= 4 is 11.6 Å². The van der Waals surface area contributed by atoms with Gasteiger partial charge in [-0.2, -0.15) is 4.98 Å². The maximum atomic E-state index is 12.4. The quantitative estimate of drug-likeness (QED) is 0.316. The van der Waals surface area contributed by atoms with Crippen LogP contribution >= 0.6 is 0 Å². The summed E-state index contributed by atoms with van der Waals surface area (Å²) in [6, 6.07) is 22.7. The van der Waals surface area contributed by atoms with Crippen LogP contribution < -0.4 is 19.5 Å². The molecule has 1 heterocycles. The molecule has 180 valence electrons. The van der Waals surface area contributed by atoms with Crippen molar-refractivity contribution < 1.29 is 23.5 Å². The summed E-state index contributed by atoms with van der Waals surface area (Å²) in [6.45, 7) is 2.84. The molecule has 4 rings (SSSR count). The fourth-order valence-corrected chi connectivity index (χ4v) is 3.42. The molecule has 0 spiro atoms. The van der Waals surface area contributed by atoms with Crippen molar-refractivity contribution in [3.8, 4) is 28.6 Å². The number of carbonyl (C=O) groups is 1. The predicted molar refractivity (Wildman–Crippen MR) is 132 cm³/mol. The predicted octanol–water partition coefficient (Wildman–Crippen LogP) is 5.29. The molecule has 0 unspecified atom stereocenters. The summed E-state index contributed by atoms with van der Waals surface area (Å²) in [5.74, 6) is 2.43. The number of hydrogen-bond donors (Lipinski definition) is 1. The van der Waals surface area contributed by atoms with Crippen LogP contribution in [0.15, 0.2) is 77.3 Å². The number of para-hydroxylation sites is 2. The molecule has 8 heteroatoms. The molecule has 0 fully saturated rings. The minimum Gasteiger partial charge on any atom is -0.493 e. The number of aromatic nitrogens is 2. The van der Waals surface area contributed by atoms with E-state index in [0.717, 1.165) is 11.1 Å². The number of nitrogens with zero attached hydrogens (tertiary/aromatic N) is 2. The smallest absolute Gasteiger partial charge is 0.227 e. The van der Waals surface area contributed by atoms with Crippen LogP contribution in [0.5, 0.6) is 17.2 Å². The number of rotatable bonds is 11. The van der Waals surface area contributed by atoms with Crippen molar-refractivity contribution in [2.75, 3.05) is 19.0 Å². The fraction of sp³-hybridized carbons (Fsp3) is 0.222. The average Bonchev–Trinajstić information content (AvgIpc) is 3.37. The van der Waals surface area contributed by atoms with Crippen molar-refractivity contribution in [3.05, 3.63) is 84.3 Å². The summed E-state index contributed by atoms with van der Waals surface area (Å²) in [6.07, 6.45) is 0.503. The molecule has 0 atom stereocenters. The van der Waals surface area contributed by atoms with E-state index in [0.29, 0.717) is 54.3 Å². The first kappa shape index (κ1) is 23.8. The summed E-state index contributed by atoms with van der Waals surface area (Å²) in [7, 11) is 1.58. The maximum Gasteiger partial charge on any atom is 0.227 e. The molecule has 0 radical (unpaired) electrons. The molecule has 3 aromatic carbocycles. The van der Waals surface area contributed by atoms with Crippen LogP contribution in [0.25, 0.3) is 11.4 Å². The van der Waals surface area contributed by atoms with Crippen LogP contribution in [0.3, 0.4) is 0 Å². The molecule has 4 aromatic rings. The highest BCUT2D eigenvalue weighted by molar-refractivity contribution is 5.92. The monoisotopic (exact) mass is 473 g/mol. The minimum atomic E-state index is -0.168. The molecule has 35 heavy (non-hydrogen) atoms. The second-order valence-electron chi connectivity index (χ2n) is 7.63. The Bertz CT molecular complexity index is 1260. The van der Waals surface area contributed by atoms with Gasteiger partial charge in [-0.3, -0.25) is 4.79 Å². The van der Waals surface area contributed by atoms with Crippen LogP contribution in [0, 0.1) is 0 Å². The van der Waals surface area contributed by atoms with Gasteiger partial charge >= 0.3 is 0 Å². The average molecular weight is 474 g/mol. The Kier molecular flexibility index (Phi) is 7.96. The van der Waals surface area contributed by atoms with Gasteiger partial charge in [-0.15, -0.1) is 0 Å². The minimum absolute atomic E-state index is 0.168. The highest BCUT2D eigenvalue weighted by Gasteiger charge is 2.14. The van der Waals surface area contributed by atoms with Gasteiger partial charge in [-0.25, -0.2) is 0 Å². The Morgan fingerprint density at radius 3 is 2.54 bits per heavy atom. The molecule has 0 saturated heterocycles. The Hall–Kier alpha value is -4.33. The summed E-state index contributed by atoms with van der Waals surface area (Å²) in [4.78, 5) is 16.8. The largest absolute Gasteiger partial charge is 0.493 e. The van der Waals surface area contributed by atoms with Crippen molar-refractivity contribution in [3.63, 3.8) is 0 Å². The van der Waals surface area contributed by atoms with Gasteiger partial charge in [-0.05, 0) is 42.8 Å². The van der Waals surface area contributed by atoms with E-state index in [2.05, 4.69) is 15.5 Å². The molecule has 1 amide bonds. The lowest BCUT2D eigenvalue weighted by molar-refractivity contribution is -0.116. The van der Waals surface area contributed by atoms with Gasteiger partial charge in [0.15, 0.2) is 11.5 Å². The van der Waals surface area contributed by atoms with E-state index in [4.69, 9.17) is 18.7 Å². The second kappa shape index (κ2) is 11.7. The zero-order valence-electron chi connectivity index (χ0n) is 19.7. The molecule has 0 saturated carbocycles. The Morgan fingerprint density at radius 1 is 0.943 bits per heavy atom. The normalized spacial score (nSPS) is 10.6. The van der Waals surface area contributed by atoms with Crippen molar-refractivity contribution in [1.82, 2.24) is 10.1 Å². The zero-order valence-corrected chi connectivity index (χ0v) is 19.7. The number of methoxy groups -OCH3 is 1. The third kappa shape index (κ3) is 6.38. The molecule has 0 aliphatic heterocycles. The first-order chi connectivity index (χ1) is 17.2. The SMILES string of the molecule is CCOc1ccccc1NC(=O)CCc1nc(-c2ccc(OCc3ccccc3)c(OC)c2)no1. The molecule has 0 aliphatic carbocycles. The van der Waals surface area contributed by atoms with Gasteiger partial charge in [0.25, 0.3) is 0 Å². The number of nitrogens with one attached hydrogen (secondary N) is 1. The number of anilines is 1. The van der Waals surface area contributed by atoms with E-state index in [1.54, 1.807) is 19.2 Å². The number of amides is 1. The van der Waals surface area contributed by atoms with Crippen LogP contribution in [0.1, 0.15) is 24.8 Å². The number of benzene rings is 3.